The van der Waals surface area contributed by atoms with Crippen LogP contribution < -0.4 is 10.6 Å². The van der Waals surface area contributed by atoms with Crippen molar-refractivity contribution in [3.8, 4) is 5.75 Å². The SMILES string of the molecule is Cc1ccc(Pc2cc(C(C)(C)C)cc(C)c2O)c(CN(C)C)c1. The molecule has 0 amide bonds. The van der Waals surface area contributed by atoms with Crippen molar-refractivity contribution in [2.45, 2.75) is 46.6 Å². The summed E-state index contributed by atoms with van der Waals surface area (Å²) in [6, 6.07) is 10.9. The molecule has 0 heterocycles. The summed E-state index contributed by atoms with van der Waals surface area (Å²) in [6.07, 6.45) is 0. The van der Waals surface area contributed by atoms with Gasteiger partial charge in [0, 0.05) is 11.8 Å². The van der Waals surface area contributed by atoms with Gasteiger partial charge in [-0.1, -0.05) is 59.2 Å². The van der Waals surface area contributed by atoms with E-state index in [0.29, 0.717) is 14.3 Å². The fraction of sp³-hybridized carbons (Fsp3) is 0.429. The third-order valence-electron chi connectivity index (χ3n) is 4.18. The molecule has 0 saturated carbocycles. The summed E-state index contributed by atoms with van der Waals surface area (Å²) in [5.74, 6) is 0.442. The Morgan fingerprint density at radius 1 is 1.00 bits per heavy atom. The van der Waals surface area contributed by atoms with Gasteiger partial charge in [-0.05, 0) is 61.4 Å². The summed E-state index contributed by atoms with van der Waals surface area (Å²) < 4.78 is 0. The third-order valence-corrected chi connectivity index (χ3v) is 5.59. The summed E-state index contributed by atoms with van der Waals surface area (Å²) in [7, 11) is 4.65. The van der Waals surface area contributed by atoms with Gasteiger partial charge in [-0.25, -0.2) is 0 Å². The van der Waals surface area contributed by atoms with Gasteiger partial charge in [0.05, 0.1) is 0 Å². The highest BCUT2D eigenvalue weighted by atomic mass is 31.1. The van der Waals surface area contributed by atoms with Gasteiger partial charge < -0.3 is 10.0 Å². The summed E-state index contributed by atoms with van der Waals surface area (Å²) in [6.45, 7) is 11.7. The number of nitrogens with zero attached hydrogens (tertiary/aromatic N) is 1. The summed E-state index contributed by atoms with van der Waals surface area (Å²) in [4.78, 5) is 2.19. The van der Waals surface area contributed by atoms with Crippen molar-refractivity contribution in [3.63, 3.8) is 0 Å². The Labute approximate surface area is 148 Å². The first-order chi connectivity index (χ1) is 11.1. The number of hydrogen-bond acceptors (Lipinski definition) is 2. The summed E-state index contributed by atoms with van der Waals surface area (Å²) >= 11 is 0. The lowest BCUT2D eigenvalue weighted by atomic mass is 9.86. The lowest BCUT2D eigenvalue weighted by molar-refractivity contribution is 0.403. The average molecular weight is 343 g/mol. The van der Waals surface area contributed by atoms with Gasteiger partial charge in [0.1, 0.15) is 5.75 Å². The van der Waals surface area contributed by atoms with Gasteiger partial charge in [-0.3, -0.25) is 0 Å². The van der Waals surface area contributed by atoms with E-state index in [9.17, 15) is 5.11 Å². The van der Waals surface area contributed by atoms with E-state index in [2.05, 4.69) is 77.0 Å². The highest BCUT2D eigenvalue weighted by Gasteiger charge is 2.18. The van der Waals surface area contributed by atoms with Crippen molar-refractivity contribution in [2.24, 2.45) is 0 Å². The van der Waals surface area contributed by atoms with E-state index in [1.807, 2.05) is 6.92 Å². The maximum absolute atomic E-state index is 10.6. The molecule has 2 aromatic rings. The Bertz CT molecular complexity index is 729. The van der Waals surface area contributed by atoms with Crippen molar-refractivity contribution in [2.75, 3.05) is 14.1 Å². The summed E-state index contributed by atoms with van der Waals surface area (Å²) in [5.41, 5.74) is 4.95. The molecule has 0 saturated heterocycles. The molecule has 1 atom stereocenters. The number of aryl methyl sites for hydroxylation is 2. The highest BCUT2D eigenvalue weighted by molar-refractivity contribution is 7.55. The van der Waals surface area contributed by atoms with Crippen LogP contribution >= 0.6 is 8.58 Å². The Morgan fingerprint density at radius 3 is 2.25 bits per heavy atom. The molecule has 1 N–H and O–H groups in total. The molecule has 0 aromatic heterocycles. The molecular formula is C21H30NOP. The van der Waals surface area contributed by atoms with Crippen LogP contribution in [0.5, 0.6) is 5.75 Å². The van der Waals surface area contributed by atoms with Crippen molar-refractivity contribution in [3.05, 3.63) is 52.6 Å². The Balaban J connectivity index is 2.46. The number of phenolic OH excluding ortho intramolecular Hbond substituents is 1. The van der Waals surface area contributed by atoms with Crippen molar-refractivity contribution >= 4 is 19.2 Å². The summed E-state index contributed by atoms with van der Waals surface area (Å²) in [5, 5.41) is 12.9. The van der Waals surface area contributed by atoms with E-state index in [0.717, 1.165) is 17.4 Å². The van der Waals surface area contributed by atoms with E-state index < -0.39 is 0 Å². The number of aromatic hydroxyl groups is 1. The second-order valence-corrected chi connectivity index (χ2v) is 9.29. The first-order valence-electron chi connectivity index (χ1n) is 8.43. The molecule has 3 heteroatoms. The second kappa shape index (κ2) is 7.25. The van der Waals surface area contributed by atoms with Gasteiger partial charge in [0.25, 0.3) is 0 Å². The minimum Gasteiger partial charge on any atom is -0.507 e. The number of benzene rings is 2. The molecule has 2 nitrogen and oxygen atoms in total. The first kappa shape index (κ1) is 19.0. The van der Waals surface area contributed by atoms with E-state index in [1.54, 1.807) is 0 Å². The second-order valence-electron chi connectivity index (χ2n) is 7.96. The van der Waals surface area contributed by atoms with Crippen LogP contribution in [0.2, 0.25) is 0 Å². The van der Waals surface area contributed by atoms with Crippen molar-refractivity contribution in [1.82, 2.24) is 4.90 Å². The lowest BCUT2D eigenvalue weighted by Gasteiger charge is -2.22. The third kappa shape index (κ3) is 4.59. The van der Waals surface area contributed by atoms with Crippen LogP contribution in [0.3, 0.4) is 0 Å². The first-order valence-corrected chi connectivity index (χ1v) is 9.43. The molecule has 0 aliphatic rings. The van der Waals surface area contributed by atoms with Crippen molar-refractivity contribution < 1.29 is 5.11 Å². The minimum atomic E-state index is 0.0808. The molecule has 0 aliphatic carbocycles. The molecule has 24 heavy (non-hydrogen) atoms. The van der Waals surface area contributed by atoms with Crippen LogP contribution in [0.4, 0.5) is 0 Å². The molecule has 1 unspecified atom stereocenters. The molecule has 0 radical (unpaired) electrons. The van der Waals surface area contributed by atoms with E-state index >= 15 is 0 Å². The van der Waals surface area contributed by atoms with Crippen LogP contribution in [0, 0.1) is 13.8 Å². The normalized spacial score (nSPS) is 12.5. The van der Waals surface area contributed by atoms with Gasteiger partial charge in [-0.2, -0.15) is 0 Å². The Hall–Kier alpha value is -1.37. The smallest absolute Gasteiger partial charge is 0.126 e. The van der Waals surface area contributed by atoms with E-state index in [1.165, 1.54) is 22.0 Å². The predicted molar refractivity (Wildman–Crippen MR) is 108 cm³/mol. The number of phenols is 1. The van der Waals surface area contributed by atoms with Gasteiger partial charge in [-0.15, -0.1) is 0 Å². The van der Waals surface area contributed by atoms with Gasteiger partial charge in [0.15, 0.2) is 0 Å². The predicted octanol–water partition coefficient (Wildman–Crippen LogP) is 4.00. The zero-order valence-electron chi connectivity index (χ0n) is 16.0. The largest absolute Gasteiger partial charge is 0.507 e. The minimum absolute atomic E-state index is 0.0808. The van der Waals surface area contributed by atoms with E-state index in [-0.39, 0.29) is 5.41 Å². The lowest BCUT2D eigenvalue weighted by Crippen LogP contribution is -2.19. The number of hydrogen-bond donors (Lipinski definition) is 1. The fourth-order valence-electron chi connectivity index (χ4n) is 2.77. The van der Waals surface area contributed by atoms with E-state index in [4.69, 9.17) is 0 Å². The molecule has 2 rings (SSSR count). The molecule has 2 aromatic carbocycles. The maximum atomic E-state index is 10.6. The molecule has 130 valence electrons. The Morgan fingerprint density at radius 2 is 1.67 bits per heavy atom. The zero-order valence-corrected chi connectivity index (χ0v) is 17.0. The number of rotatable bonds is 4. The quantitative estimate of drug-likeness (QED) is 0.848. The standard InChI is InChI=1S/C21H30NOP/c1-14-8-9-18(16(10-14)13-22(6)7)24-19-12-17(21(3,4)5)11-15(2)20(19)23/h8-12,23-24H,13H2,1-7H3. The van der Waals surface area contributed by atoms with Gasteiger partial charge in [0.2, 0.25) is 0 Å². The average Bonchev–Trinajstić information content (AvgIpc) is 2.44. The van der Waals surface area contributed by atoms with Gasteiger partial charge >= 0.3 is 0 Å². The molecule has 0 aliphatic heterocycles. The van der Waals surface area contributed by atoms with Crippen LogP contribution in [0.25, 0.3) is 0 Å². The highest BCUT2D eigenvalue weighted by Crippen LogP contribution is 2.30. The van der Waals surface area contributed by atoms with Crippen LogP contribution in [-0.4, -0.2) is 24.1 Å². The zero-order chi connectivity index (χ0) is 18.1. The molecule has 0 fully saturated rings. The molecule has 0 spiro atoms. The monoisotopic (exact) mass is 343 g/mol. The molecular weight excluding hydrogens is 313 g/mol. The van der Waals surface area contributed by atoms with Crippen LogP contribution in [-0.2, 0) is 12.0 Å². The topological polar surface area (TPSA) is 23.5 Å². The van der Waals surface area contributed by atoms with Crippen LogP contribution in [0.1, 0.15) is 43.0 Å². The maximum Gasteiger partial charge on any atom is 0.126 e. The molecule has 0 bridgehead atoms. The van der Waals surface area contributed by atoms with Crippen molar-refractivity contribution in [1.29, 1.82) is 0 Å². The van der Waals surface area contributed by atoms with Crippen LogP contribution in [0.15, 0.2) is 30.3 Å². The Kier molecular flexibility index (Phi) is 5.73. The fourth-order valence-corrected chi connectivity index (χ4v) is 4.08.